The minimum absolute atomic E-state index is 0.259. The van der Waals surface area contributed by atoms with Crippen LogP contribution in [0.5, 0.6) is 0 Å². The van der Waals surface area contributed by atoms with Crippen LogP contribution < -0.4 is 5.32 Å². The molecular weight excluding hydrogens is 458 g/mol. The normalized spacial score (nSPS) is 11.1. The number of carbonyl (C=O) groups excluding carboxylic acids is 1. The first kappa shape index (κ1) is 19.2. The van der Waals surface area contributed by atoms with E-state index in [1.165, 1.54) is 0 Å². The number of rotatable bonds is 5. The van der Waals surface area contributed by atoms with E-state index in [0.29, 0.717) is 17.1 Å². The van der Waals surface area contributed by atoms with E-state index >= 15 is 0 Å². The van der Waals surface area contributed by atoms with Gasteiger partial charge in [0.25, 0.3) is 5.91 Å². The van der Waals surface area contributed by atoms with Gasteiger partial charge in [0.2, 0.25) is 0 Å². The van der Waals surface area contributed by atoms with Crippen molar-refractivity contribution in [3.8, 4) is 0 Å². The SMILES string of the molecule is Cc1nnc(SCc2c(C(=O)Nc3ccc(Br)cc3C)oc3ccccc23)s1. The van der Waals surface area contributed by atoms with Crippen molar-refractivity contribution in [1.82, 2.24) is 10.2 Å². The predicted octanol–water partition coefficient (Wildman–Crippen LogP) is 6.21. The average Bonchev–Trinajstić information content (AvgIpc) is 3.25. The molecule has 2 aromatic heterocycles. The largest absolute Gasteiger partial charge is 0.451 e. The van der Waals surface area contributed by atoms with Gasteiger partial charge in [-0.05, 0) is 43.7 Å². The number of thioether (sulfide) groups is 1. The zero-order valence-electron chi connectivity index (χ0n) is 15.2. The lowest BCUT2D eigenvalue weighted by Crippen LogP contribution is -2.13. The van der Waals surface area contributed by atoms with Crippen LogP contribution in [0.2, 0.25) is 0 Å². The molecule has 0 spiro atoms. The van der Waals surface area contributed by atoms with Crippen molar-refractivity contribution in [1.29, 1.82) is 0 Å². The maximum Gasteiger partial charge on any atom is 0.291 e. The van der Waals surface area contributed by atoms with E-state index in [1.54, 1.807) is 23.1 Å². The monoisotopic (exact) mass is 473 g/mol. The van der Waals surface area contributed by atoms with Gasteiger partial charge >= 0.3 is 0 Å². The van der Waals surface area contributed by atoms with Gasteiger partial charge < -0.3 is 9.73 Å². The standard InChI is InChI=1S/C20H16BrN3O2S2/c1-11-9-13(21)7-8-16(11)22-19(25)18-15(10-27-20-24-23-12(2)28-20)14-5-3-4-6-17(14)26-18/h3-9H,10H2,1-2H3,(H,22,25). The van der Waals surface area contributed by atoms with Gasteiger partial charge in [0.15, 0.2) is 10.1 Å². The number of amides is 1. The number of nitrogens with zero attached hydrogens (tertiary/aromatic N) is 2. The number of hydrogen-bond donors (Lipinski definition) is 1. The highest BCUT2D eigenvalue weighted by Crippen LogP contribution is 2.33. The molecule has 0 fully saturated rings. The van der Waals surface area contributed by atoms with E-state index < -0.39 is 0 Å². The van der Waals surface area contributed by atoms with E-state index in [4.69, 9.17) is 4.42 Å². The highest BCUT2D eigenvalue weighted by Gasteiger charge is 2.21. The molecule has 142 valence electrons. The van der Waals surface area contributed by atoms with Crippen LogP contribution in [-0.4, -0.2) is 16.1 Å². The molecule has 2 heterocycles. The number of aryl methyl sites for hydroxylation is 2. The molecule has 0 aliphatic rings. The van der Waals surface area contributed by atoms with Crippen molar-refractivity contribution in [2.24, 2.45) is 0 Å². The summed E-state index contributed by atoms with van der Waals surface area (Å²) in [7, 11) is 0. The zero-order chi connectivity index (χ0) is 19.7. The molecule has 0 saturated carbocycles. The number of furan rings is 1. The van der Waals surface area contributed by atoms with Crippen LogP contribution >= 0.6 is 39.0 Å². The molecule has 0 bridgehead atoms. The molecule has 4 rings (SSSR count). The van der Waals surface area contributed by atoms with E-state index in [9.17, 15) is 4.79 Å². The highest BCUT2D eigenvalue weighted by atomic mass is 79.9. The number of fused-ring (bicyclic) bond motifs is 1. The maximum absolute atomic E-state index is 13.0. The maximum atomic E-state index is 13.0. The first-order valence-corrected chi connectivity index (χ1v) is 11.1. The summed E-state index contributed by atoms with van der Waals surface area (Å²) in [6.45, 7) is 3.88. The molecular formula is C20H16BrN3O2S2. The first-order chi connectivity index (χ1) is 13.5. The number of carbonyl (C=O) groups is 1. The van der Waals surface area contributed by atoms with Gasteiger partial charge in [0, 0.05) is 26.9 Å². The molecule has 4 aromatic rings. The third kappa shape index (κ3) is 3.99. The summed E-state index contributed by atoms with van der Waals surface area (Å²) >= 11 is 6.54. The number of benzene rings is 2. The number of hydrogen-bond acceptors (Lipinski definition) is 6. The lowest BCUT2D eigenvalue weighted by Gasteiger charge is -2.08. The number of aromatic nitrogens is 2. The molecule has 0 atom stereocenters. The third-order valence-electron chi connectivity index (χ3n) is 4.19. The molecule has 1 N–H and O–H groups in total. The summed E-state index contributed by atoms with van der Waals surface area (Å²) in [4.78, 5) is 13.0. The van der Waals surface area contributed by atoms with E-state index in [1.807, 2.05) is 56.3 Å². The molecule has 8 heteroatoms. The van der Waals surface area contributed by atoms with Crippen LogP contribution in [0.25, 0.3) is 11.0 Å². The number of nitrogens with one attached hydrogen (secondary N) is 1. The fourth-order valence-electron chi connectivity index (χ4n) is 2.84. The van der Waals surface area contributed by atoms with Crippen LogP contribution in [0, 0.1) is 13.8 Å². The van der Waals surface area contributed by atoms with Crippen LogP contribution in [0.3, 0.4) is 0 Å². The summed E-state index contributed by atoms with van der Waals surface area (Å²) in [6.07, 6.45) is 0. The Kier molecular flexibility index (Phi) is 5.52. The Morgan fingerprint density at radius 1 is 1.21 bits per heavy atom. The molecule has 5 nitrogen and oxygen atoms in total. The summed E-state index contributed by atoms with van der Waals surface area (Å²) in [5.74, 6) is 0.649. The predicted molar refractivity (Wildman–Crippen MR) is 117 cm³/mol. The van der Waals surface area contributed by atoms with Crippen LogP contribution in [0.1, 0.15) is 26.7 Å². The highest BCUT2D eigenvalue weighted by molar-refractivity contribution is 9.10. The smallest absolute Gasteiger partial charge is 0.291 e. The topological polar surface area (TPSA) is 68.0 Å². The van der Waals surface area contributed by atoms with E-state index in [-0.39, 0.29) is 5.91 Å². The van der Waals surface area contributed by atoms with Gasteiger partial charge in [0.05, 0.1) is 0 Å². The van der Waals surface area contributed by atoms with Gasteiger partial charge in [-0.25, -0.2) is 0 Å². The van der Waals surface area contributed by atoms with Crippen molar-refractivity contribution in [2.75, 3.05) is 5.32 Å². The Morgan fingerprint density at radius 3 is 2.79 bits per heavy atom. The summed E-state index contributed by atoms with van der Waals surface area (Å²) in [6, 6.07) is 13.4. The Balaban J connectivity index is 1.66. The minimum atomic E-state index is -0.259. The Morgan fingerprint density at radius 2 is 2.04 bits per heavy atom. The van der Waals surface area contributed by atoms with Gasteiger partial charge in [0.1, 0.15) is 10.6 Å². The first-order valence-electron chi connectivity index (χ1n) is 8.52. The summed E-state index contributed by atoms with van der Waals surface area (Å²) in [5.41, 5.74) is 3.29. The van der Waals surface area contributed by atoms with Gasteiger partial charge in [-0.3, -0.25) is 4.79 Å². The number of para-hydroxylation sites is 1. The lowest BCUT2D eigenvalue weighted by atomic mass is 10.1. The second-order valence-electron chi connectivity index (χ2n) is 6.19. The van der Waals surface area contributed by atoms with Crippen LogP contribution in [-0.2, 0) is 5.75 Å². The molecule has 1 amide bonds. The average molecular weight is 474 g/mol. The number of anilines is 1. The Bertz CT molecular complexity index is 1170. The quantitative estimate of drug-likeness (QED) is 0.349. The second kappa shape index (κ2) is 8.06. The second-order valence-corrected chi connectivity index (χ2v) is 9.51. The van der Waals surface area contributed by atoms with Crippen molar-refractivity contribution >= 4 is 61.6 Å². The fourth-order valence-corrected chi connectivity index (χ4v) is 5.16. The van der Waals surface area contributed by atoms with Gasteiger partial charge in [-0.15, -0.1) is 10.2 Å². The third-order valence-corrected chi connectivity index (χ3v) is 6.68. The molecule has 0 unspecified atom stereocenters. The summed E-state index contributed by atoms with van der Waals surface area (Å²) < 4.78 is 7.76. The van der Waals surface area contributed by atoms with Gasteiger partial charge in [-0.2, -0.15) is 0 Å². The molecule has 2 aromatic carbocycles. The Labute approximate surface area is 178 Å². The lowest BCUT2D eigenvalue weighted by molar-refractivity contribution is 0.0997. The molecule has 0 radical (unpaired) electrons. The van der Waals surface area contributed by atoms with Crippen molar-refractivity contribution in [2.45, 2.75) is 23.9 Å². The zero-order valence-corrected chi connectivity index (χ0v) is 18.4. The Hall–Kier alpha value is -2.16. The van der Waals surface area contributed by atoms with Crippen molar-refractivity contribution < 1.29 is 9.21 Å². The molecule has 0 aliphatic heterocycles. The van der Waals surface area contributed by atoms with E-state index in [0.717, 1.165) is 36.0 Å². The van der Waals surface area contributed by atoms with Gasteiger partial charge in [-0.1, -0.05) is 57.2 Å². The summed E-state index contributed by atoms with van der Waals surface area (Å²) in [5, 5.41) is 13.0. The molecule has 0 saturated heterocycles. The van der Waals surface area contributed by atoms with E-state index in [2.05, 4.69) is 31.4 Å². The van der Waals surface area contributed by atoms with Crippen molar-refractivity contribution in [3.05, 3.63) is 68.8 Å². The van der Waals surface area contributed by atoms with Crippen LogP contribution in [0.15, 0.2) is 55.7 Å². The molecule has 0 aliphatic carbocycles. The van der Waals surface area contributed by atoms with Crippen LogP contribution in [0.4, 0.5) is 5.69 Å². The minimum Gasteiger partial charge on any atom is -0.451 e. The van der Waals surface area contributed by atoms with Crippen molar-refractivity contribution in [3.63, 3.8) is 0 Å². The number of halogens is 1. The fraction of sp³-hybridized carbons (Fsp3) is 0.150. The molecule has 28 heavy (non-hydrogen) atoms.